The topological polar surface area (TPSA) is 86.3 Å². The fraction of sp³-hybridized carbons (Fsp3) is 0.360. The van der Waals surface area contributed by atoms with Gasteiger partial charge < -0.3 is 18.7 Å². The van der Waals surface area contributed by atoms with Crippen LogP contribution in [0.5, 0.6) is 5.75 Å². The number of hydrogen-bond acceptors (Lipinski definition) is 6. The standard InChI is InChI=1S/C25H27N5O3/c1-32-20-8-6-7-19(15-20)25-27-24(28-33-25)18-9-10-22-21(16-18)26-17-30(22)14-11-23(31)29-12-4-2-3-5-13-29/h6-10,15-17H,2-5,11-14H2,1H3. The molecule has 4 aromatic rings. The predicted molar refractivity (Wildman–Crippen MR) is 125 cm³/mol. The monoisotopic (exact) mass is 445 g/mol. The molecule has 0 radical (unpaired) electrons. The number of carbonyl (C=O) groups excluding carboxylic acids is 1. The number of nitrogens with zero attached hydrogens (tertiary/aromatic N) is 5. The highest BCUT2D eigenvalue weighted by molar-refractivity contribution is 5.81. The van der Waals surface area contributed by atoms with Crippen LogP contribution in [0.4, 0.5) is 0 Å². The van der Waals surface area contributed by atoms with Gasteiger partial charge in [0.2, 0.25) is 11.7 Å². The zero-order chi connectivity index (χ0) is 22.6. The van der Waals surface area contributed by atoms with E-state index in [2.05, 4.69) is 15.1 Å². The Morgan fingerprint density at radius 2 is 1.91 bits per heavy atom. The number of ether oxygens (including phenoxy) is 1. The summed E-state index contributed by atoms with van der Waals surface area (Å²) in [5.74, 6) is 1.89. The molecule has 0 unspecified atom stereocenters. The van der Waals surface area contributed by atoms with Gasteiger partial charge in [-0.15, -0.1) is 0 Å². The van der Waals surface area contributed by atoms with Crippen molar-refractivity contribution in [2.75, 3.05) is 20.2 Å². The number of likely N-dealkylation sites (tertiary alicyclic amines) is 1. The summed E-state index contributed by atoms with van der Waals surface area (Å²) in [6.45, 7) is 2.39. The summed E-state index contributed by atoms with van der Waals surface area (Å²) >= 11 is 0. The van der Waals surface area contributed by atoms with Crippen molar-refractivity contribution in [3.05, 3.63) is 48.8 Å². The molecule has 1 saturated heterocycles. The minimum Gasteiger partial charge on any atom is -0.497 e. The summed E-state index contributed by atoms with van der Waals surface area (Å²) in [6.07, 6.45) is 6.94. The Morgan fingerprint density at radius 3 is 2.73 bits per heavy atom. The Kier molecular flexibility index (Phi) is 6.06. The highest BCUT2D eigenvalue weighted by atomic mass is 16.5. The molecule has 1 amide bonds. The second-order valence-corrected chi connectivity index (χ2v) is 8.34. The van der Waals surface area contributed by atoms with E-state index in [-0.39, 0.29) is 5.91 Å². The molecule has 0 N–H and O–H groups in total. The molecule has 0 aliphatic carbocycles. The van der Waals surface area contributed by atoms with Crippen molar-refractivity contribution in [2.45, 2.75) is 38.6 Å². The molecular weight excluding hydrogens is 418 g/mol. The number of benzene rings is 2. The van der Waals surface area contributed by atoms with Gasteiger partial charge in [0.15, 0.2) is 0 Å². The minimum absolute atomic E-state index is 0.229. The van der Waals surface area contributed by atoms with Crippen LogP contribution in [0.15, 0.2) is 53.3 Å². The number of imidazole rings is 1. The quantitative estimate of drug-likeness (QED) is 0.433. The van der Waals surface area contributed by atoms with Crippen molar-refractivity contribution in [1.82, 2.24) is 24.6 Å². The second-order valence-electron chi connectivity index (χ2n) is 8.34. The Labute approximate surface area is 192 Å². The van der Waals surface area contributed by atoms with Crippen LogP contribution in [0.25, 0.3) is 33.9 Å². The number of carbonyl (C=O) groups is 1. The van der Waals surface area contributed by atoms with Crippen LogP contribution in [0, 0.1) is 0 Å². The lowest BCUT2D eigenvalue weighted by Gasteiger charge is -2.20. The zero-order valence-electron chi connectivity index (χ0n) is 18.7. The van der Waals surface area contributed by atoms with Gasteiger partial charge in [-0.1, -0.05) is 24.1 Å². The SMILES string of the molecule is COc1cccc(-c2nc(-c3ccc4c(c3)ncn4CCC(=O)N3CCCCCC3)no2)c1. The molecule has 0 spiro atoms. The van der Waals surface area contributed by atoms with Gasteiger partial charge in [0, 0.05) is 37.2 Å². The van der Waals surface area contributed by atoms with Crippen LogP contribution in [0.2, 0.25) is 0 Å². The first-order valence-corrected chi connectivity index (χ1v) is 11.4. The summed E-state index contributed by atoms with van der Waals surface area (Å²) in [7, 11) is 1.62. The van der Waals surface area contributed by atoms with Gasteiger partial charge >= 0.3 is 0 Å². The molecule has 170 valence electrons. The van der Waals surface area contributed by atoms with E-state index in [1.807, 2.05) is 51.9 Å². The van der Waals surface area contributed by atoms with Crippen LogP contribution >= 0.6 is 0 Å². The molecule has 0 bridgehead atoms. The molecule has 5 rings (SSSR count). The number of rotatable bonds is 6. The normalized spacial score (nSPS) is 14.4. The fourth-order valence-electron chi connectivity index (χ4n) is 4.29. The van der Waals surface area contributed by atoms with E-state index in [0.717, 1.165) is 53.8 Å². The molecule has 8 nitrogen and oxygen atoms in total. The van der Waals surface area contributed by atoms with Gasteiger partial charge in [-0.25, -0.2) is 4.98 Å². The third-order valence-electron chi connectivity index (χ3n) is 6.15. The van der Waals surface area contributed by atoms with Gasteiger partial charge in [-0.2, -0.15) is 4.98 Å². The van der Waals surface area contributed by atoms with E-state index in [0.29, 0.717) is 24.7 Å². The molecule has 2 aromatic heterocycles. The summed E-state index contributed by atoms with van der Waals surface area (Å²) < 4.78 is 12.8. The second kappa shape index (κ2) is 9.44. The smallest absolute Gasteiger partial charge is 0.258 e. The largest absolute Gasteiger partial charge is 0.497 e. The summed E-state index contributed by atoms with van der Waals surface area (Å²) in [6, 6.07) is 13.4. The van der Waals surface area contributed by atoms with E-state index in [1.165, 1.54) is 12.8 Å². The number of fused-ring (bicyclic) bond motifs is 1. The van der Waals surface area contributed by atoms with Crippen molar-refractivity contribution >= 4 is 16.9 Å². The fourth-order valence-corrected chi connectivity index (χ4v) is 4.29. The molecule has 2 aromatic carbocycles. The lowest BCUT2D eigenvalue weighted by Crippen LogP contribution is -2.32. The molecule has 1 fully saturated rings. The van der Waals surface area contributed by atoms with Gasteiger partial charge in [-0.3, -0.25) is 4.79 Å². The van der Waals surface area contributed by atoms with Crippen molar-refractivity contribution in [3.63, 3.8) is 0 Å². The van der Waals surface area contributed by atoms with Crippen molar-refractivity contribution in [1.29, 1.82) is 0 Å². The average molecular weight is 446 g/mol. The number of methoxy groups -OCH3 is 1. The third-order valence-corrected chi connectivity index (χ3v) is 6.15. The molecule has 1 aliphatic rings. The number of aryl methyl sites for hydroxylation is 1. The average Bonchev–Trinajstić information content (AvgIpc) is 3.41. The Morgan fingerprint density at radius 1 is 1.06 bits per heavy atom. The maximum atomic E-state index is 12.6. The van der Waals surface area contributed by atoms with E-state index in [9.17, 15) is 4.79 Å². The van der Waals surface area contributed by atoms with Gasteiger partial charge in [-0.05, 0) is 49.2 Å². The number of aromatic nitrogens is 4. The van der Waals surface area contributed by atoms with Crippen LogP contribution in [-0.2, 0) is 11.3 Å². The first-order chi connectivity index (χ1) is 16.2. The Hall–Kier alpha value is -3.68. The molecular formula is C25H27N5O3. The third kappa shape index (κ3) is 4.60. The van der Waals surface area contributed by atoms with Gasteiger partial charge in [0.05, 0.1) is 24.5 Å². The predicted octanol–water partition coefficient (Wildman–Crippen LogP) is 4.55. The number of hydrogen-bond donors (Lipinski definition) is 0. The maximum Gasteiger partial charge on any atom is 0.258 e. The maximum absolute atomic E-state index is 12.6. The molecule has 0 atom stereocenters. The first kappa shape index (κ1) is 21.2. The molecule has 33 heavy (non-hydrogen) atoms. The van der Waals surface area contributed by atoms with Crippen LogP contribution < -0.4 is 4.74 Å². The van der Waals surface area contributed by atoms with Gasteiger partial charge in [0.25, 0.3) is 5.89 Å². The Balaban J connectivity index is 1.30. The highest BCUT2D eigenvalue weighted by Gasteiger charge is 2.16. The molecule has 0 saturated carbocycles. The first-order valence-electron chi connectivity index (χ1n) is 11.4. The van der Waals surface area contributed by atoms with E-state index in [4.69, 9.17) is 9.26 Å². The van der Waals surface area contributed by atoms with Crippen LogP contribution in [0.1, 0.15) is 32.1 Å². The minimum atomic E-state index is 0.229. The lowest BCUT2D eigenvalue weighted by molar-refractivity contribution is -0.131. The van der Waals surface area contributed by atoms with Crippen molar-refractivity contribution in [3.8, 4) is 28.6 Å². The zero-order valence-corrected chi connectivity index (χ0v) is 18.7. The van der Waals surface area contributed by atoms with Crippen molar-refractivity contribution < 1.29 is 14.1 Å². The summed E-state index contributed by atoms with van der Waals surface area (Å²) in [4.78, 5) is 23.7. The highest BCUT2D eigenvalue weighted by Crippen LogP contribution is 2.27. The van der Waals surface area contributed by atoms with Gasteiger partial charge in [0.1, 0.15) is 5.75 Å². The van der Waals surface area contributed by atoms with Crippen LogP contribution in [0.3, 0.4) is 0 Å². The van der Waals surface area contributed by atoms with Crippen molar-refractivity contribution in [2.24, 2.45) is 0 Å². The molecule has 3 heterocycles. The van der Waals surface area contributed by atoms with E-state index < -0.39 is 0 Å². The van der Waals surface area contributed by atoms with E-state index in [1.54, 1.807) is 13.4 Å². The summed E-state index contributed by atoms with van der Waals surface area (Å²) in [5.41, 5.74) is 3.44. The molecule has 8 heteroatoms. The van der Waals surface area contributed by atoms with E-state index >= 15 is 0 Å². The summed E-state index contributed by atoms with van der Waals surface area (Å²) in [5, 5.41) is 4.14. The number of amides is 1. The Bertz CT molecular complexity index is 1250. The molecule has 1 aliphatic heterocycles. The van der Waals surface area contributed by atoms with Crippen LogP contribution in [-0.4, -0.2) is 50.7 Å². The lowest BCUT2D eigenvalue weighted by atomic mass is 10.2.